The predicted octanol–water partition coefficient (Wildman–Crippen LogP) is 6.76. The summed E-state index contributed by atoms with van der Waals surface area (Å²) in [5.41, 5.74) is 5.39. The fourth-order valence-electron chi connectivity index (χ4n) is 6.15. The molecule has 0 bridgehead atoms. The minimum absolute atomic E-state index is 0.0744. The van der Waals surface area contributed by atoms with Gasteiger partial charge in [0.1, 0.15) is 11.6 Å². The average molecular weight is 543 g/mol. The zero-order valence-corrected chi connectivity index (χ0v) is 22.3. The van der Waals surface area contributed by atoms with Gasteiger partial charge >= 0.3 is 0 Å². The first-order valence-corrected chi connectivity index (χ1v) is 13.7. The molecule has 4 aromatic carbocycles. The maximum atomic E-state index is 15.3. The van der Waals surface area contributed by atoms with Crippen molar-refractivity contribution in [3.8, 4) is 0 Å². The third-order valence-electron chi connectivity index (χ3n) is 8.08. The molecule has 198 valence electrons. The van der Waals surface area contributed by atoms with Gasteiger partial charge in [-0.3, -0.25) is 9.69 Å². The highest BCUT2D eigenvalue weighted by Crippen LogP contribution is 2.39. The second kappa shape index (κ2) is 10.9. The first-order chi connectivity index (χ1) is 19.0. The van der Waals surface area contributed by atoms with Crippen LogP contribution in [0.2, 0.25) is 5.02 Å². The van der Waals surface area contributed by atoms with Gasteiger partial charge < -0.3 is 4.90 Å². The molecule has 1 atom stereocenters. The summed E-state index contributed by atoms with van der Waals surface area (Å²) in [6.07, 6.45) is 2.19. The van der Waals surface area contributed by atoms with Crippen molar-refractivity contribution in [2.45, 2.75) is 37.9 Å². The van der Waals surface area contributed by atoms with Gasteiger partial charge in [0.05, 0.1) is 12.6 Å². The van der Waals surface area contributed by atoms with E-state index in [0.29, 0.717) is 22.7 Å². The van der Waals surface area contributed by atoms with Crippen LogP contribution in [0.4, 0.5) is 8.78 Å². The van der Waals surface area contributed by atoms with Gasteiger partial charge in [-0.25, -0.2) is 8.78 Å². The lowest BCUT2D eigenvalue weighted by atomic mass is 9.88. The van der Waals surface area contributed by atoms with Crippen molar-refractivity contribution in [1.29, 1.82) is 0 Å². The number of rotatable bonds is 6. The molecule has 6 heteroatoms. The van der Waals surface area contributed by atoms with Crippen molar-refractivity contribution in [3.05, 3.63) is 141 Å². The van der Waals surface area contributed by atoms with Crippen molar-refractivity contribution in [1.82, 2.24) is 9.80 Å². The fraction of sp³-hybridized carbons (Fsp3) is 0.242. The molecule has 39 heavy (non-hydrogen) atoms. The molecule has 4 aromatic rings. The average Bonchev–Trinajstić information content (AvgIpc) is 3.37. The molecular weight excluding hydrogens is 514 g/mol. The van der Waals surface area contributed by atoms with E-state index >= 15 is 4.39 Å². The summed E-state index contributed by atoms with van der Waals surface area (Å²) in [7, 11) is 0. The molecule has 1 aliphatic heterocycles. The molecule has 0 unspecified atom stereocenters. The number of nitrogens with zero attached hydrogens (tertiary/aromatic N) is 2. The van der Waals surface area contributed by atoms with Gasteiger partial charge in [-0.05, 0) is 59.7 Å². The molecule has 0 N–H and O–H groups in total. The number of amides is 1. The van der Waals surface area contributed by atoms with E-state index in [0.717, 1.165) is 30.4 Å². The third kappa shape index (κ3) is 5.09. The molecule has 1 heterocycles. The summed E-state index contributed by atoms with van der Waals surface area (Å²) < 4.78 is 30.0. The number of carbonyl (C=O) groups excluding carboxylic acids is 1. The van der Waals surface area contributed by atoms with E-state index in [1.807, 2.05) is 40.1 Å². The molecular formula is C33H29ClF2N2O. The summed E-state index contributed by atoms with van der Waals surface area (Å²) in [4.78, 5) is 18.0. The molecule has 0 aromatic heterocycles. The van der Waals surface area contributed by atoms with Gasteiger partial charge in [-0.2, -0.15) is 0 Å². The topological polar surface area (TPSA) is 23.6 Å². The van der Waals surface area contributed by atoms with Crippen LogP contribution in [0, 0.1) is 11.6 Å². The minimum atomic E-state index is -0.497. The van der Waals surface area contributed by atoms with Crippen molar-refractivity contribution < 1.29 is 13.6 Å². The van der Waals surface area contributed by atoms with E-state index in [1.54, 1.807) is 30.3 Å². The van der Waals surface area contributed by atoms with Gasteiger partial charge in [0.15, 0.2) is 0 Å². The highest BCUT2D eigenvalue weighted by atomic mass is 35.5. The van der Waals surface area contributed by atoms with Gasteiger partial charge in [-0.15, -0.1) is 0 Å². The van der Waals surface area contributed by atoms with E-state index in [4.69, 9.17) is 11.6 Å². The second-order valence-corrected chi connectivity index (χ2v) is 10.8. The minimum Gasteiger partial charge on any atom is -0.333 e. The number of fused-ring (bicyclic) bond motifs is 2. The second-order valence-electron chi connectivity index (χ2n) is 10.4. The summed E-state index contributed by atoms with van der Waals surface area (Å²) in [6, 6.07) is 26.9. The number of hydrogen-bond acceptors (Lipinski definition) is 2. The molecule has 0 spiro atoms. The van der Waals surface area contributed by atoms with Crippen molar-refractivity contribution in [3.63, 3.8) is 0 Å². The number of benzene rings is 4. The lowest BCUT2D eigenvalue weighted by molar-refractivity contribution is -0.136. The van der Waals surface area contributed by atoms with E-state index in [9.17, 15) is 9.18 Å². The lowest BCUT2D eigenvalue weighted by Gasteiger charge is -2.39. The maximum Gasteiger partial charge on any atom is 0.237 e. The first-order valence-electron chi connectivity index (χ1n) is 13.3. The van der Waals surface area contributed by atoms with Crippen LogP contribution in [0.15, 0.2) is 91.0 Å². The smallest absolute Gasteiger partial charge is 0.237 e. The largest absolute Gasteiger partial charge is 0.333 e. The normalized spacial score (nSPS) is 17.1. The van der Waals surface area contributed by atoms with E-state index in [-0.39, 0.29) is 30.9 Å². The van der Waals surface area contributed by atoms with Crippen molar-refractivity contribution in [2.24, 2.45) is 0 Å². The van der Waals surface area contributed by atoms with Crippen LogP contribution in [0.25, 0.3) is 0 Å². The monoisotopic (exact) mass is 542 g/mol. The Kier molecular flexibility index (Phi) is 7.20. The van der Waals surface area contributed by atoms with Crippen molar-refractivity contribution in [2.75, 3.05) is 13.1 Å². The molecule has 6 rings (SSSR count). The van der Waals surface area contributed by atoms with Crippen LogP contribution in [-0.2, 0) is 30.6 Å². The van der Waals surface area contributed by atoms with Gasteiger partial charge in [0.2, 0.25) is 5.91 Å². The number of carbonyl (C=O) groups is 1. The Labute approximate surface area is 232 Å². The molecule has 3 nitrogen and oxygen atoms in total. The summed E-state index contributed by atoms with van der Waals surface area (Å²) in [6.45, 7) is 0.835. The Morgan fingerprint density at radius 1 is 0.821 bits per heavy atom. The first kappa shape index (κ1) is 25.7. The fourth-order valence-corrected chi connectivity index (χ4v) is 6.42. The number of hydrogen-bond donors (Lipinski definition) is 0. The van der Waals surface area contributed by atoms with Gasteiger partial charge in [-0.1, -0.05) is 84.4 Å². The third-order valence-corrected chi connectivity index (χ3v) is 8.41. The molecule has 0 fully saturated rings. The molecule has 2 aliphatic rings. The standard InChI is InChI=1S/C33H29ClF2N2O/c34-28-13-7-15-30(36)32(28)33-27-12-5-3-8-22(27)16-17-37(33)21-31(39)38(20-25-11-4-6-14-29(25)35)26-18-23-9-1-2-10-24(23)19-26/h1-15,26,33H,16-21H2/t33-/m1/s1. The molecule has 1 aliphatic carbocycles. The van der Waals surface area contributed by atoms with Crippen LogP contribution < -0.4 is 0 Å². The van der Waals surface area contributed by atoms with Gasteiger partial charge in [0.25, 0.3) is 0 Å². The van der Waals surface area contributed by atoms with Crippen LogP contribution in [-0.4, -0.2) is 34.8 Å². The Bertz CT molecular complexity index is 1480. The predicted molar refractivity (Wildman–Crippen MR) is 150 cm³/mol. The zero-order valence-electron chi connectivity index (χ0n) is 21.5. The van der Waals surface area contributed by atoms with Crippen LogP contribution in [0.1, 0.15) is 39.4 Å². The Hall–Kier alpha value is -3.54. The molecule has 1 amide bonds. The van der Waals surface area contributed by atoms with Crippen LogP contribution in [0.5, 0.6) is 0 Å². The van der Waals surface area contributed by atoms with Crippen LogP contribution >= 0.6 is 11.6 Å². The van der Waals surface area contributed by atoms with E-state index in [2.05, 4.69) is 18.2 Å². The zero-order chi connectivity index (χ0) is 26.9. The Morgan fingerprint density at radius 3 is 2.18 bits per heavy atom. The highest BCUT2D eigenvalue weighted by molar-refractivity contribution is 6.31. The SMILES string of the molecule is O=C(CN1CCc2ccccc2[C@@H]1c1c(F)cccc1Cl)N(Cc1ccccc1F)C1Cc2ccccc2C1. The van der Waals surface area contributed by atoms with Crippen molar-refractivity contribution >= 4 is 17.5 Å². The van der Waals surface area contributed by atoms with E-state index in [1.165, 1.54) is 23.3 Å². The number of halogens is 3. The molecule has 0 saturated heterocycles. The Morgan fingerprint density at radius 2 is 1.46 bits per heavy atom. The summed E-state index contributed by atoms with van der Waals surface area (Å²) in [5.74, 6) is -0.822. The highest BCUT2D eigenvalue weighted by Gasteiger charge is 2.36. The van der Waals surface area contributed by atoms with E-state index < -0.39 is 11.9 Å². The van der Waals surface area contributed by atoms with Crippen LogP contribution in [0.3, 0.4) is 0 Å². The summed E-state index contributed by atoms with van der Waals surface area (Å²) >= 11 is 6.57. The Balaban J connectivity index is 1.34. The van der Waals surface area contributed by atoms with Gasteiger partial charge in [0, 0.05) is 35.3 Å². The molecule has 0 radical (unpaired) electrons. The lowest BCUT2D eigenvalue weighted by Crippen LogP contribution is -2.48. The quantitative estimate of drug-likeness (QED) is 0.269. The summed E-state index contributed by atoms with van der Waals surface area (Å²) in [5, 5.41) is 0.337. The molecule has 0 saturated carbocycles. The maximum absolute atomic E-state index is 15.3.